The quantitative estimate of drug-likeness (QED) is 0.128. The highest BCUT2D eigenvalue weighted by Crippen LogP contribution is 2.32. The normalized spacial score (nSPS) is 16.3. The van der Waals surface area contributed by atoms with Gasteiger partial charge in [0.25, 0.3) is 11.8 Å². The number of hydrogen-bond donors (Lipinski definition) is 1. The molecule has 9 aromatic rings. The fraction of sp³-hybridized carbons (Fsp3) is 0.216. The molecule has 1 N–H and O–H groups in total. The number of aromatic nitrogens is 9. The van der Waals surface area contributed by atoms with Gasteiger partial charge in [0.1, 0.15) is 28.6 Å². The van der Waals surface area contributed by atoms with Crippen molar-refractivity contribution in [1.29, 1.82) is 0 Å². The van der Waals surface area contributed by atoms with Gasteiger partial charge in [0.2, 0.25) is 23.3 Å². The molecule has 0 bridgehead atoms. The van der Waals surface area contributed by atoms with E-state index in [1.54, 1.807) is 21.1 Å². The molecule has 0 saturated carbocycles. The van der Waals surface area contributed by atoms with E-state index in [1.165, 1.54) is 6.07 Å². The van der Waals surface area contributed by atoms with Crippen molar-refractivity contribution in [3.05, 3.63) is 170 Å². The van der Waals surface area contributed by atoms with Crippen LogP contribution in [0.25, 0.3) is 50.9 Å². The van der Waals surface area contributed by atoms with Crippen molar-refractivity contribution in [2.24, 2.45) is 0 Å². The first-order valence-corrected chi connectivity index (χ1v) is 22.6. The van der Waals surface area contributed by atoms with Crippen LogP contribution in [0.2, 0.25) is 0 Å². The number of fused-ring (bicyclic) bond motifs is 2. The van der Waals surface area contributed by atoms with Crippen LogP contribution in [0.15, 0.2) is 153 Å². The first-order valence-electron chi connectivity index (χ1n) is 22.6. The molecule has 2 amide bonds. The van der Waals surface area contributed by atoms with Gasteiger partial charge in [-0.3, -0.25) is 23.1 Å². The average Bonchev–Trinajstić information content (AvgIpc) is 4.24. The Kier molecular flexibility index (Phi) is 10.9. The van der Waals surface area contributed by atoms with Crippen molar-refractivity contribution < 1.29 is 27.3 Å². The minimum absolute atomic E-state index is 0.0528. The second kappa shape index (κ2) is 17.5. The number of benzene rings is 3. The van der Waals surface area contributed by atoms with Crippen molar-refractivity contribution in [3.63, 3.8) is 0 Å². The summed E-state index contributed by atoms with van der Waals surface area (Å²) < 4.78 is 46.8. The van der Waals surface area contributed by atoms with E-state index in [2.05, 4.69) is 15.3 Å². The van der Waals surface area contributed by atoms with Crippen molar-refractivity contribution in [3.8, 4) is 39.5 Å². The standard InChI is InChI=1S/C51H44F3N12O2/c52-51(53,54)37-18-21-42(56-30-37)57-31-39-14-7-24-63(39)48(67)46-44(35-12-5-2-6-13-35)58-43-33-61(28-29-65(43)46)38-19-16-36(17-20-38)45-47(66-26-9-23-55-50(66)59-45)49(68)64-25-8-15-40(64)32-62-27-22-41(60-62)34-10-3-1-4-11-34/h1-6,9-13,16-23,26-30,33,39-40H,7-8,14-15,24-25,31-32H2,(H,56,57)/q+1/t39-,40-/m0/s1. The molecule has 2 aliphatic heterocycles. The second-order valence-corrected chi connectivity index (χ2v) is 17.1. The van der Waals surface area contributed by atoms with E-state index in [0.717, 1.165) is 66.0 Å². The van der Waals surface area contributed by atoms with Crippen molar-refractivity contribution >= 4 is 29.1 Å². The van der Waals surface area contributed by atoms with E-state index in [0.29, 0.717) is 66.2 Å². The number of hydrogen-bond acceptors (Lipinski definition) is 8. The maximum absolute atomic E-state index is 14.7. The van der Waals surface area contributed by atoms with Gasteiger partial charge in [0.05, 0.1) is 30.0 Å². The third-order valence-corrected chi connectivity index (χ3v) is 12.9. The number of carbonyl (C=O) groups excluding carboxylic acids is 2. The summed E-state index contributed by atoms with van der Waals surface area (Å²) in [7, 11) is 0. The molecular weight excluding hydrogens is 870 g/mol. The molecule has 0 aliphatic carbocycles. The summed E-state index contributed by atoms with van der Waals surface area (Å²) in [5.41, 5.74) is 5.93. The van der Waals surface area contributed by atoms with Crippen LogP contribution in [0.4, 0.5) is 19.0 Å². The van der Waals surface area contributed by atoms with Crippen LogP contribution in [0.5, 0.6) is 0 Å². The summed E-state index contributed by atoms with van der Waals surface area (Å²) in [6, 6.07) is 33.2. The summed E-state index contributed by atoms with van der Waals surface area (Å²) >= 11 is 0. The van der Waals surface area contributed by atoms with E-state index in [9.17, 15) is 22.8 Å². The second-order valence-electron chi connectivity index (χ2n) is 17.1. The number of anilines is 1. The van der Waals surface area contributed by atoms with E-state index in [-0.39, 0.29) is 23.9 Å². The highest BCUT2D eigenvalue weighted by Gasteiger charge is 2.36. The Morgan fingerprint density at radius 2 is 1.37 bits per heavy atom. The Hall–Kier alpha value is -8.21. The fourth-order valence-electron chi connectivity index (χ4n) is 9.46. The smallest absolute Gasteiger partial charge is 0.368 e. The fourth-order valence-corrected chi connectivity index (χ4v) is 9.46. The SMILES string of the molecule is O=C(c1c(-c2ccccc2)nc2c[n+](-c3ccc(-c4nc5ncccn5c4C(=O)N4CCC[C@H]4Cn4ccc(-c5ccccc5)n4)cc3)ccn12)N1CCC[C@H]1CNc1ccc(C(F)(F)F)cn1. The van der Waals surface area contributed by atoms with Crippen molar-refractivity contribution in [1.82, 2.24) is 48.3 Å². The minimum atomic E-state index is -4.48. The summed E-state index contributed by atoms with van der Waals surface area (Å²) in [4.78, 5) is 51.5. The van der Waals surface area contributed by atoms with E-state index in [4.69, 9.17) is 15.1 Å². The Morgan fingerprint density at radius 1 is 0.691 bits per heavy atom. The third kappa shape index (κ3) is 8.09. The molecule has 2 fully saturated rings. The maximum atomic E-state index is 14.7. The molecule has 340 valence electrons. The van der Waals surface area contributed by atoms with Crippen LogP contribution in [0.1, 0.15) is 52.2 Å². The van der Waals surface area contributed by atoms with E-state index in [1.807, 2.05) is 141 Å². The molecule has 2 saturated heterocycles. The van der Waals surface area contributed by atoms with E-state index < -0.39 is 11.7 Å². The number of rotatable bonds is 11. The lowest BCUT2D eigenvalue weighted by molar-refractivity contribution is -0.595. The molecule has 14 nitrogen and oxygen atoms in total. The Balaban J connectivity index is 0.860. The molecule has 0 unspecified atom stereocenters. The molecule has 8 heterocycles. The summed E-state index contributed by atoms with van der Waals surface area (Å²) in [6.45, 7) is 2.02. The van der Waals surface area contributed by atoms with Gasteiger partial charge in [0, 0.05) is 79.3 Å². The average molecular weight is 914 g/mol. The van der Waals surface area contributed by atoms with Gasteiger partial charge < -0.3 is 15.1 Å². The first kappa shape index (κ1) is 42.4. The Bertz CT molecular complexity index is 3280. The lowest BCUT2D eigenvalue weighted by Gasteiger charge is -2.25. The van der Waals surface area contributed by atoms with Gasteiger partial charge >= 0.3 is 6.18 Å². The number of nitrogens with zero attached hydrogens (tertiary/aromatic N) is 11. The molecule has 11 rings (SSSR count). The zero-order chi connectivity index (χ0) is 46.4. The van der Waals surface area contributed by atoms with Crippen LogP contribution >= 0.6 is 0 Å². The molecule has 2 aliphatic rings. The number of halogens is 3. The van der Waals surface area contributed by atoms with Gasteiger partial charge in [-0.15, -0.1) is 0 Å². The number of carbonyl (C=O) groups is 2. The number of alkyl halides is 3. The van der Waals surface area contributed by atoms with Gasteiger partial charge in [-0.1, -0.05) is 60.7 Å². The van der Waals surface area contributed by atoms with Crippen molar-refractivity contribution in [2.45, 2.75) is 50.5 Å². The summed E-state index contributed by atoms with van der Waals surface area (Å²) in [5.74, 6) is 0.411. The number of imidazole rings is 2. The monoisotopic (exact) mass is 913 g/mol. The number of nitrogens with one attached hydrogen (secondary N) is 1. The third-order valence-electron chi connectivity index (χ3n) is 12.9. The molecule has 2 atom stereocenters. The maximum Gasteiger partial charge on any atom is 0.417 e. The van der Waals surface area contributed by atoms with Crippen LogP contribution in [-0.2, 0) is 12.7 Å². The molecule has 0 radical (unpaired) electrons. The minimum Gasteiger partial charge on any atom is -0.368 e. The van der Waals surface area contributed by atoms with Crippen LogP contribution in [0, 0.1) is 0 Å². The molecule has 3 aromatic carbocycles. The highest BCUT2D eigenvalue weighted by molar-refractivity contribution is 6.01. The van der Waals surface area contributed by atoms with Crippen LogP contribution in [0.3, 0.4) is 0 Å². The lowest BCUT2D eigenvalue weighted by Crippen LogP contribution is -2.40. The van der Waals surface area contributed by atoms with E-state index >= 15 is 0 Å². The Labute approximate surface area is 388 Å². The van der Waals surface area contributed by atoms with Gasteiger partial charge in [0.15, 0.2) is 6.20 Å². The van der Waals surface area contributed by atoms with Gasteiger partial charge in [-0.05, 0) is 62.1 Å². The van der Waals surface area contributed by atoms with Crippen LogP contribution in [-0.4, -0.2) is 91.8 Å². The lowest BCUT2D eigenvalue weighted by atomic mass is 10.1. The summed E-state index contributed by atoms with van der Waals surface area (Å²) in [6.07, 6.45) is 10.6. The first-order chi connectivity index (χ1) is 33.2. The topological polar surface area (TPSA) is 135 Å². The zero-order valence-electron chi connectivity index (χ0n) is 36.6. The predicted octanol–water partition coefficient (Wildman–Crippen LogP) is 8.29. The zero-order valence-corrected chi connectivity index (χ0v) is 36.6. The largest absolute Gasteiger partial charge is 0.417 e. The molecule has 0 spiro atoms. The summed E-state index contributed by atoms with van der Waals surface area (Å²) in [5, 5.41) is 7.97. The number of likely N-dealkylation sites (tertiary alicyclic amines) is 2. The number of amides is 2. The van der Waals surface area contributed by atoms with Crippen LogP contribution < -0.4 is 9.88 Å². The highest BCUT2D eigenvalue weighted by atomic mass is 19.4. The molecular formula is C51H44F3N12O2+. The molecule has 68 heavy (non-hydrogen) atoms. The Morgan fingerprint density at radius 3 is 2.09 bits per heavy atom. The van der Waals surface area contributed by atoms with Crippen molar-refractivity contribution in [2.75, 3.05) is 25.0 Å². The predicted molar refractivity (Wildman–Crippen MR) is 248 cm³/mol. The molecule has 17 heteroatoms. The van der Waals surface area contributed by atoms with Gasteiger partial charge in [-0.25, -0.2) is 19.9 Å². The van der Waals surface area contributed by atoms with Gasteiger partial charge in [-0.2, -0.15) is 22.8 Å². The molecule has 6 aromatic heterocycles. The number of pyridine rings is 1.